The van der Waals surface area contributed by atoms with Crippen LogP contribution in [0.5, 0.6) is 0 Å². The summed E-state index contributed by atoms with van der Waals surface area (Å²) < 4.78 is 0. The molecule has 1 aromatic heterocycles. The summed E-state index contributed by atoms with van der Waals surface area (Å²) in [5, 5.41) is 9.77. The third kappa shape index (κ3) is 1.94. The Bertz CT molecular complexity index is 520. The molecular formula is C12H14N2OS. The highest BCUT2D eigenvalue weighted by Crippen LogP contribution is 2.32. The summed E-state index contributed by atoms with van der Waals surface area (Å²) in [4.78, 5) is 5.12. The van der Waals surface area contributed by atoms with E-state index in [2.05, 4.69) is 23.2 Å². The molecule has 2 aromatic rings. The zero-order chi connectivity index (χ0) is 11.7. The molecule has 0 aliphatic carbocycles. The van der Waals surface area contributed by atoms with E-state index in [1.807, 2.05) is 13.8 Å². The van der Waals surface area contributed by atoms with Gasteiger partial charge in [-0.2, -0.15) is 0 Å². The molecule has 84 valence electrons. The lowest BCUT2D eigenvalue weighted by Gasteiger charge is -2.05. The maximum absolute atomic E-state index is 9.27. The van der Waals surface area contributed by atoms with Crippen LogP contribution in [0.1, 0.15) is 16.0 Å². The number of aliphatic hydroxyl groups is 1. The topological polar surface area (TPSA) is 59.1 Å². The molecule has 0 unspecified atom stereocenters. The predicted molar refractivity (Wildman–Crippen MR) is 67.4 cm³/mol. The summed E-state index contributed by atoms with van der Waals surface area (Å²) in [6, 6.07) is 6.19. The molecule has 3 N–H and O–H groups in total. The van der Waals surface area contributed by atoms with Gasteiger partial charge in [-0.05, 0) is 25.5 Å². The van der Waals surface area contributed by atoms with Crippen LogP contribution in [0.4, 0.5) is 5.13 Å². The van der Waals surface area contributed by atoms with E-state index in [-0.39, 0.29) is 6.61 Å². The van der Waals surface area contributed by atoms with E-state index in [0.717, 1.165) is 21.7 Å². The van der Waals surface area contributed by atoms with Crippen molar-refractivity contribution in [2.45, 2.75) is 20.5 Å². The van der Waals surface area contributed by atoms with Crippen molar-refractivity contribution in [2.75, 3.05) is 5.73 Å². The van der Waals surface area contributed by atoms with Gasteiger partial charge in [-0.3, -0.25) is 0 Å². The quantitative estimate of drug-likeness (QED) is 0.839. The molecule has 2 rings (SSSR count). The van der Waals surface area contributed by atoms with Crippen molar-refractivity contribution in [3.63, 3.8) is 0 Å². The number of aryl methyl sites for hydroxylation is 2. The first-order chi connectivity index (χ1) is 7.61. The number of hydrogen-bond donors (Lipinski definition) is 2. The number of aliphatic hydroxyl groups excluding tert-OH is 1. The van der Waals surface area contributed by atoms with E-state index < -0.39 is 0 Å². The van der Waals surface area contributed by atoms with Crippen LogP contribution >= 0.6 is 11.3 Å². The fourth-order valence-electron chi connectivity index (χ4n) is 1.68. The van der Waals surface area contributed by atoms with E-state index in [4.69, 9.17) is 5.73 Å². The zero-order valence-corrected chi connectivity index (χ0v) is 10.1. The fraction of sp³-hybridized carbons (Fsp3) is 0.250. The molecule has 0 spiro atoms. The summed E-state index contributed by atoms with van der Waals surface area (Å²) >= 11 is 1.34. The molecule has 0 amide bonds. The summed E-state index contributed by atoms with van der Waals surface area (Å²) in [5.74, 6) is 0. The average molecular weight is 234 g/mol. The molecule has 0 radical (unpaired) electrons. The minimum atomic E-state index is -0.0163. The Morgan fingerprint density at radius 3 is 2.81 bits per heavy atom. The number of hydrogen-bond acceptors (Lipinski definition) is 4. The smallest absolute Gasteiger partial charge is 0.180 e. The first-order valence-corrected chi connectivity index (χ1v) is 5.87. The number of anilines is 1. The standard InChI is InChI=1S/C12H14N2OS/c1-7-3-4-8(2)9(5-7)11-10(6-15)16-12(13)14-11/h3-5,15H,6H2,1-2H3,(H2,13,14). The van der Waals surface area contributed by atoms with Gasteiger partial charge in [-0.25, -0.2) is 4.98 Å². The second-order valence-corrected chi connectivity index (χ2v) is 4.92. The highest BCUT2D eigenvalue weighted by Gasteiger charge is 2.12. The third-order valence-electron chi connectivity index (χ3n) is 2.51. The van der Waals surface area contributed by atoms with Crippen LogP contribution in [0.3, 0.4) is 0 Å². The Labute approximate surface area is 98.6 Å². The van der Waals surface area contributed by atoms with Gasteiger partial charge in [-0.15, -0.1) is 0 Å². The molecule has 0 fully saturated rings. The number of rotatable bonds is 2. The van der Waals surface area contributed by atoms with Crippen LogP contribution in [0.25, 0.3) is 11.3 Å². The molecule has 1 aromatic carbocycles. The number of nitrogens with zero attached hydrogens (tertiary/aromatic N) is 1. The molecule has 1 heterocycles. The minimum Gasteiger partial charge on any atom is -0.391 e. The van der Waals surface area contributed by atoms with Gasteiger partial charge in [0.1, 0.15) is 0 Å². The Kier molecular flexibility index (Phi) is 2.94. The summed E-state index contributed by atoms with van der Waals surface area (Å²) in [6.45, 7) is 4.06. The molecule has 0 aliphatic rings. The summed E-state index contributed by atoms with van der Waals surface area (Å²) in [7, 11) is 0. The van der Waals surface area contributed by atoms with Gasteiger partial charge >= 0.3 is 0 Å². The largest absolute Gasteiger partial charge is 0.391 e. The van der Waals surface area contributed by atoms with Crippen molar-refractivity contribution in [3.05, 3.63) is 34.2 Å². The molecule has 4 heteroatoms. The average Bonchev–Trinajstić information content (AvgIpc) is 2.63. The predicted octanol–water partition coefficient (Wildman–Crippen LogP) is 2.50. The van der Waals surface area contributed by atoms with Crippen LogP contribution in [0.15, 0.2) is 18.2 Å². The van der Waals surface area contributed by atoms with Gasteiger partial charge < -0.3 is 10.8 Å². The Hall–Kier alpha value is -1.39. The molecule has 0 aliphatic heterocycles. The van der Waals surface area contributed by atoms with Gasteiger partial charge in [0.05, 0.1) is 17.2 Å². The van der Waals surface area contributed by atoms with Crippen molar-refractivity contribution >= 4 is 16.5 Å². The second kappa shape index (κ2) is 4.23. The Morgan fingerprint density at radius 2 is 2.12 bits per heavy atom. The number of benzene rings is 1. The maximum atomic E-state index is 9.27. The lowest BCUT2D eigenvalue weighted by molar-refractivity contribution is 0.286. The van der Waals surface area contributed by atoms with E-state index in [9.17, 15) is 5.11 Å². The molecule has 0 atom stereocenters. The normalized spacial score (nSPS) is 10.7. The van der Waals surface area contributed by atoms with Crippen LogP contribution < -0.4 is 5.73 Å². The van der Waals surface area contributed by atoms with Crippen molar-refractivity contribution in [3.8, 4) is 11.3 Å². The van der Waals surface area contributed by atoms with Crippen LogP contribution in [0, 0.1) is 13.8 Å². The molecule has 16 heavy (non-hydrogen) atoms. The third-order valence-corrected chi connectivity index (χ3v) is 3.37. The highest BCUT2D eigenvalue weighted by atomic mass is 32.1. The molecule has 0 bridgehead atoms. The molecule has 3 nitrogen and oxygen atoms in total. The summed E-state index contributed by atoms with van der Waals surface area (Å²) in [6.07, 6.45) is 0. The molecular weight excluding hydrogens is 220 g/mol. The van der Waals surface area contributed by atoms with Gasteiger partial charge in [0.25, 0.3) is 0 Å². The molecule has 0 saturated heterocycles. The van der Waals surface area contributed by atoms with E-state index in [0.29, 0.717) is 5.13 Å². The number of aromatic nitrogens is 1. The Morgan fingerprint density at radius 1 is 1.38 bits per heavy atom. The second-order valence-electron chi connectivity index (χ2n) is 3.80. The van der Waals surface area contributed by atoms with Gasteiger partial charge in [0.2, 0.25) is 0 Å². The monoisotopic (exact) mass is 234 g/mol. The fourth-order valence-corrected chi connectivity index (χ4v) is 2.38. The summed E-state index contributed by atoms with van der Waals surface area (Å²) in [5.41, 5.74) is 9.86. The first-order valence-electron chi connectivity index (χ1n) is 5.05. The van der Waals surface area contributed by atoms with Crippen molar-refractivity contribution in [1.29, 1.82) is 0 Å². The van der Waals surface area contributed by atoms with Crippen molar-refractivity contribution in [2.24, 2.45) is 0 Å². The minimum absolute atomic E-state index is 0.0163. The number of thiazole rings is 1. The highest BCUT2D eigenvalue weighted by molar-refractivity contribution is 7.15. The maximum Gasteiger partial charge on any atom is 0.180 e. The Balaban J connectivity index is 2.61. The van der Waals surface area contributed by atoms with Gasteiger partial charge in [0.15, 0.2) is 5.13 Å². The van der Waals surface area contributed by atoms with Crippen LogP contribution in [-0.2, 0) is 6.61 Å². The lowest BCUT2D eigenvalue weighted by Crippen LogP contribution is -1.90. The number of nitrogens with two attached hydrogens (primary N) is 1. The first kappa shape index (κ1) is 11.1. The van der Waals surface area contributed by atoms with Crippen LogP contribution in [0.2, 0.25) is 0 Å². The van der Waals surface area contributed by atoms with E-state index in [1.54, 1.807) is 0 Å². The van der Waals surface area contributed by atoms with E-state index in [1.165, 1.54) is 16.9 Å². The van der Waals surface area contributed by atoms with Crippen molar-refractivity contribution < 1.29 is 5.11 Å². The number of nitrogen functional groups attached to an aromatic ring is 1. The van der Waals surface area contributed by atoms with Crippen molar-refractivity contribution in [1.82, 2.24) is 4.98 Å². The zero-order valence-electron chi connectivity index (χ0n) is 9.32. The van der Waals surface area contributed by atoms with E-state index >= 15 is 0 Å². The van der Waals surface area contributed by atoms with Crippen LogP contribution in [-0.4, -0.2) is 10.1 Å². The van der Waals surface area contributed by atoms with Gasteiger partial charge in [0, 0.05) is 5.56 Å². The SMILES string of the molecule is Cc1ccc(C)c(-c2nc(N)sc2CO)c1. The lowest BCUT2D eigenvalue weighted by atomic mass is 10.0. The van der Waals surface area contributed by atoms with Gasteiger partial charge in [-0.1, -0.05) is 29.0 Å². The molecule has 0 saturated carbocycles.